The Labute approximate surface area is 123 Å². The standard InChI is InChI=1S/C18H19NO2/c20-17-13-9-6-10-12-11(9)14(17)16(12)18(21,15(10)13)19-7-8-4-2-1-3-5-8/h1-5,9-16,19,21H,6-7H2/t9-,10+,11-,12+,13+,14-,15-,16-,18-/m1/s1. The maximum Gasteiger partial charge on any atom is 0.140 e. The van der Waals surface area contributed by atoms with Crippen LogP contribution < -0.4 is 5.32 Å². The minimum Gasteiger partial charge on any atom is -0.375 e. The minimum atomic E-state index is -0.782. The fraction of sp³-hybridized carbons (Fsp3) is 0.611. The van der Waals surface area contributed by atoms with Crippen molar-refractivity contribution in [3.63, 3.8) is 0 Å². The van der Waals surface area contributed by atoms with Gasteiger partial charge in [-0.3, -0.25) is 10.1 Å². The molecule has 1 aromatic carbocycles. The van der Waals surface area contributed by atoms with Crippen molar-refractivity contribution in [3.8, 4) is 0 Å². The van der Waals surface area contributed by atoms with Gasteiger partial charge >= 0.3 is 0 Å². The van der Waals surface area contributed by atoms with Gasteiger partial charge in [-0.1, -0.05) is 30.3 Å². The molecule has 3 nitrogen and oxygen atoms in total. The van der Waals surface area contributed by atoms with Crippen molar-refractivity contribution in [1.29, 1.82) is 0 Å². The zero-order valence-corrected chi connectivity index (χ0v) is 11.8. The van der Waals surface area contributed by atoms with E-state index in [1.807, 2.05) is 18.2 Å². The summed E-state index contributed by atoms with van der Waals surface area (Å²) < 4.78 is 0. The molecule has 0 amide bonds. The third-order valence-corrected chi connectivity index (χ3v) is 7.60. The number of rotatable bonds is 3. The van der Waals surface area contributed by atoms with Gasteiger partial charge in [-0.2, -0.15) is 0 Å². The number of carbonyl (C=O) groups excluding carboxylic acids is 1. The molecule has 108 valence electrons. The predicted molar refractivity (Wildman–Crippen MR) is 75.8 cm³/mol. The second-order valence-electron chi connectivity index (χ2n) is 7.89. The highest BCUT2D eigenvalue weighted by atomic mass is 16.3. The summed E-state index contributed by atoms with van der Waals surface area (Å²) in [6.07, 6.45) is 1.21. The second-order valence-corrected chi connectivity index (χ2v) is 7.89. The normalized spacial score (nSPS) is 57.3. The SMILES string of the molecule is O=C1[C@@H]2[C@@H]3[C@H]4C[C@H]5[C@@H]3[C@H]2[C@@](O)(NCc2ccccc2)[C@H]5[C@@H]14. The Hall–Kier alpha value is -1.19. The molecule has 0 unspecified atom stereocenters. The van der Waals surface area contributed by atoms with E-state index in [0.717, 1.165) is 0 Å². The van der Waals surface area contributed by atoms with Gasteiger partial charge in [0, 0.05) is 30.2 Å². The highest BCUT2D eigenvalue weighted by Gasteiger charge is 2.87. The third-order valence-electron chi connectivity index (χ3n) is 7.60. The number of benzene rings is 1. The summed E-state index contributed by atoms with van der Waals surface area (Å²) in [5, 5.41) is 14.9. The molecule has 2 N–H and O–H groups in total. The summed E-state index contributed by atoms with van der Waals surface area (Å²) in [6.45, 7) is 0.701. The molecule has 0 heterocycles. The van der Waals surface area contributed by atoms with E-state index in [0.29, 0.717) is 36.0 Å². The van der Waals surface area contributed by atoms with Crippen LogP contribution in [0.5, 0.6) is 0 Å². The summed E-state index contributed by atoms with van der Waals surface area (Å²) in [7, 11) is 0. The maximum atomic E-state index is 12.5. The van der Waals surface area contributed by atoms with E-state index >= 15 is 0 Å². The molecule has 0 saturated heterocycles. The Morgan fingerprint density at radius 2 is 1.90 bits per heavy atom. The summed E-state index contributed by atoms with van der Waals surface area (Å²) in [5.74, 6) is 3.78. The number of nitrogens with one attached hydrogen (secondary N) is 1. The summed E-state index contributed by atoms with van der Waals surface area (Å²) >= 11 is 0. The van der Waals surface area contributed by atoms with Gasteiger partial charge in [-0.05, 0) is 35.7 Å². The Kier molecular flexibility index (Phi) is 1.77. The number of hydrogen-bond acceptors (Lipinski definition) is 3. The molecule has 5 fully saturated rings. The van der Waals surface area contributed by atoms with Crippen LogP contribution >= 0.6 is 0 Å². The van der Waals surface area contributed by atoms with Gasteiger partial charge in [-0.15, -0.1) is 0 Å². The van der Waals surface area contributed by atoms with Crippen LogP contribution in [0.15, 0.2) is 30.3 Å². The number of fused-ring (bicyclic) bond motifs is 2. The van der Waals surface area contributed by atoms with Crippen molar-refractivity contribution >= 4 is 5.78 Å². The lowest BCUT2D eigenvalue weighted by molar-refractivity contribution is -0.169. The lowest BCUT2D eigenvalue weighted by Gasteiger charge is -2.50. The maximum absolute atomic E-state index is 12.5. The Bertz CT molecular complexity index is 658. The van der Waals surface area contributed by atoms with E-state index in [1.54, 1.807) is 0 Å². The van der Waals surface area contributed by atoms with Crippen molar-refractivity contribution in [2.45, 2.75) is 18.7 Å². The van der Waals surface area contributed by atoms with Crippen molar-refractivity contribution in [3.05, 3.63) is 35.9 Å². The quantitative estimate of drug-likeness (QED) is 0.824. The number of Topliss-reactive ketones (excluding diaryl/α,β-unsaturated/α-hetero) is 1. The van der Waals surface area contributed by atoms with Crippen LogP contribution in [0, 0.1) is 47.3 Å². The second kappa shape index (κ2) is 3.26. The van der Waals surface area contributed by atoms with Crippen LogP contribution in [0.25, 0.3) is 0 Å². The molecule has 21 heavy (non-hydrogen) atoms. The van der Waals surface area contributed by atoms with Gasteiger partial charge < -0.3 is 5.11 Å². The Balaban J connectivity index is 1.36. The molecule has 0 radical (unpaired) electrons. The van der Waals surface area contributed by atoms with E-state index in [4.69, 9.17) is 0 Å². The van der Waals surface area contributed by atoms with Gasteiger partial charge in [0.2, 0.25) is 0 Å². The molecule has 0 spiro atoms. The fourth-order valence-corrected chi connectivity index (χ4v) is 7.29. The van der Waals surface area contributed by atoms with Gasteiger partial charge in [0.05, 0.1) is 0 Å². The van der Waals surface area contributed by atoms with Crippen molar-refractivity contribution in [1.82, 2.24) is 5.32 Å². The summed E-state index contributed by atoms with van der Waals surface area (Å²) in [4.78, 5) is 12.5. The monoisotopic (exact) mass is 281 g/mol. The lowest BCUT2D eigenvalue weighted by atomic mass is 9.57. The average Bonchev–Trinajstić information content (AvgIpc) is 2.99. The smallest absolute Gasteiger partial charge is 0.140 e. The van der Waals surface area contributed by atoms with Crippen LogP contribution in [0.1, 0.15) is 12.0 Å². The molecule has 1 aromatic rings. The molecular formula is C18H19NO2. The van der Waals surface area contributed by atoms with Gasteiger partial charge in [0.25, 0.3) is 0 Å². The Morgan fingerprint density at radius 1 is 1.10 bits per heavy atom. The number of ketones is 1. The largest absolute Gasteiger partial charge is 0.375 e. The van der Waals surface area contributed by atoms with E-state index in [2.05, 4.69) is 17.4 Å². The zero-order valence-electron chi connectivity index (χ0n) is 11.8. The van der Waals surface area contributed by atoms with Crippen LogP contribution in [-0.2, 0) is 11.3 Å². The number of carbonyl (C=O) groups is 1. The predicted octanol–water partition coefficient (Wildman–Crippen LogP) is 1.42. The molecule has 9 atom stereocenters. The molecule has 2 bridgehead atoms. The van der Waals surface area contributed by atoms with Crippen LogP contribution in [-0.4, -0.2) is 16.6 Å². The first-order chi connectivity index (χ1) is 10.2. The summed E-state index contributed by atoms with van der Waals surface area (Å²) in [6, 6.07) is 10.3. The van der Waals surface area contributed by atoms with Gasteiger partial charge in [0.15, 0.2) is 0 Å². The molecule has 5 aliphatic rings. The zero-order chi connectivity index (χ0) is 13.9. The Morgan fingerprint density at radius 3 is 2.71 bits per heavy atom. The number of aliphatic hydroxyl groups is 1. The highest BCUT2D eigenvalue weighted by molar-refractivity contribution is 5.91. The molecule has 6 rings (SSSR count). The van der Waals surface area contributed by atoms with Crippen LogP contribution in [0.2, 0.25) is 0 Å². The van der Waals surface area contributed by atoms with Gasteiger partial charge in [-0.25, -0.2) is 0 Å². The van der Waals surface area contributed by atoms with Crippen molar-refractivity contribution in [2.75, 3.05) is 0 Å². The molecule has 5 aliphatic carbocycles. The molecule has 0 aliphatic heterocycles. The first-order valence-electron chi connectivity index (χ1n) is 8.27. The third kappa shape index (κ3) is 1.00. The lowest BCUT2D eigenvalue weighted by Crippen LogP contribution is -2.64. The van der Waals surface area contributed by atoms with E-state index in [-0.39, 0.29) is 23.7 Å². The van der Waals surface area contributed by atoms with Crippen LogP contribution in [0.4, 0.5) is 0 Å². The van der Waals surface area contributed by atoms with Crippen molar-refractivity contribution in [2.24, 2.45) is 47.3 Å². The van der Waals surface area contributed by atoms with Crippen LogP contribution in [0.3, 0.4) is 0 Å². The minimum absolute atomic E-state index is 0.174. The van der Waals surface area contributed by atoms with E-state index in [9.17, 15) is 9.90 Å². The molecule has 0 aromatic heterocycles. The van der Waals surface area contributed by atoms with E-state index in [1.165, 1.54) is 12.0 Å². The fourth-order valence-electron chi connectivity index (χ4n) is 7.29. The van der Waals surface area contributed by atoms with Gasteiger partial charge in [0.1, 0.15) is 11.5 Å². The van der Waals surface area contributed by atoms with E-state index < -0.39 is 5.72 Å². The first-order valence-corrected chi connectivity index (χ1v) is 8.27. The van der Waals surface area contributed by atoms with Crippen molar-refractivity contribution < 1.29 is 9.90 Å². The highest BCUT2D eigenvalue weighted by Crippen LogP contribution is 2.83. The molecule has 5 saturated carbocycles. The average molecular weight is 281 g/mol. The topological polar surface area (TPSA) is 49.3 Å². The number of hydrogen-bond donors (Lipinski definition) is 2. The first kappa shape index (κ1) is 11.4. The molecule has 3 heteroatoms. The summed E-state index contributed by atoms with van der Waals surface area (Å²) in [5.41, 5.74) is 0.423. The molecular weight excluding hydrogens is 262 g/mol.